The number of fused-ring (bicyclic) bond motifs is 2. The van der Waals surface area contributed by atoms with Gasteiger partial charge in [-0.2, -0.15) is 0 Å². The van der Waals surface area contributed by atoms with E-state index in [1.54, 1.807) is 12.3 Å². The monoisotopic (exact) mass is 473 g/mol. The van der Waals surface area contributed by atoms with Gasteiger partial charge < -0.3 is 14.1 Å². The van der Waals surface area contributed by atoms with E-state index < -0.39 is 11.6 Å². The van der Waals surface area contributed by atoms with Crippen molar-refractivity contribution in [3.05, 3.63) is 66.4 Å². The van der Waals surface area contributed by atoms with Crippen LogP contribution in [-0.2, 0) is 4.74 Å². The molecule has 1 saturated carbocycles. The normalized spacial score (nSPS) is 16.5. The summed E-state index contributed by atoms with van der Waals surface area (Å²) in [7, 11) is 0. The van der Waals surface area contributed by atoms with Crippen LogP contribution in [-0.4, -0.2) is 45.8 Å². The molecule has 2 aromatic carbocycles. The summed E-state index contributed by atoms with van der Waals surface area (Å²) in [5, 5.41) is 0.142. The Morgan fingerprint density at radius 3 is 2.51 bits per heavy atom. The van der Waals surface area contributed by atoms with Crippen LogP contribution in [0.5, 0.6) is 0 Å². The lowest BCUT2D eigenvalue weighted by molar-refractivity contribution is 0.122. The zero-order valence-electron chi connectivity index (χ0n) is 18.7. The topological polar surface area (TPSA) is 69.2 Å². The summed E-state index contributed by atoms with van der Waals surface area (Å²) in [6, 6.07) is 8.09. The van der Waals surface area contributed by atoms with Gasteiger partial charge in [-0.15, -0.1) is 0 Å². The molecule has 7 nitrogen and oxygen atoms in total. The molecule has 35 heavy (non-hydrogen) atoms. The number of imidazole rings is 1. The lowest BCUT2D eigenvalue weighted by Gasteiger charge is -2.29. The minimum atomic E-state index is -0.560. The highest BCUT2D eigenvalue weighted by Crippen LogP contribution is 2.45. The highest BCUT2D eigenvalue weighted by atomic mass is 19.1. The number of oxazole rings is 1. The number of halogens is 2. The Kier molecular flexibility index (Phi) is 4.60. The predicted octanol–water partition coefficient (Wildman–Crippen LogP) is 5.22. The first kappa shape index (κ1) is 20.5. The Balaban J connectivity index is 1.57. The molecule has 0 unspecified atom stereocenters. The second kappa shape index (κ2) is 7.84. The van der Waals surface area contributed by atoms with Gasteiger partial charge in [-0.3, -0.25) is 9.55 Å². The number of anilines is 1. The molecule has 1 saturated heterocycles. The Morgan fingerprint density at radius 2 is 1.74 bits per heavy atom. The molecule has 1 aliphatic carbocycles. The molecule has 2 fully saturated rings. The molecule has 0 amide bonds. The number of pyridine rings is 1. The Morgan fingerprint density at radius 1 is 0.914 bits per heavy atom. The van der Waals surface area contributed by atoms with Crippen LogP contribution in [0.1, 0.15) is 24.6 Å². The standard InChI is InChI=1S/C26H21F2N5O2/c27-18-3-4-19(28)24-22(18)20(5-6-29-24)33-21-14-16(32-8-11-34-12-9-32)13-17(26-30-7-10-35-26)23(21)31-25(33)15-1-2-15/h3-7,10,13-15H,1-2,8-9,11-12H2. The second-order valence-electron chi connectivity index (χ2n) is 8.96. The third-order valence-corrected chi connectivity index (χ3v) is 6.76. The first-order valence-corrected chi connectivity index (χ1v) is 11.7. The molecule has 0 atom stereocenters. The number of morpholine rings is 1. The minimum Gasteiger partial charge on any atom is -0.444 e. The van der Waals surface area contributed by atoms with Crippen LogP contribution in [0.2, 0.25) is 0 Å². The van der Waals surface area contributed by atoms with Gasteiger partial charge in [0.05, 0.1) is 41.6 Å². The number of benzene rings is 2. The maximum atomic E-state index is 15.2. The molecule has 9 heteroatoms. The van der Waals surface area contributed by atoms with Crippen molar-refractivity contribution in [3.8, 4) is 17.1 Å². The molecular weight excluding hydrogens is 452 g/mol. The third-order valence-electron chi connectivity index (χ3n) is 6.76. The van der Waals surface area contributed by atoms with Gasteiger partial charge in [-0.05, 0) is 43.2 Å². The van der Waals surface area contributed by atoms with Crippen molar-refractivity contribution in [2.24, 2.45) is 0 Å². The fourth-order valence-corrected chi connectivity index (χ4v) is 4.94. The van der Waals surface area contributed by atoms with E-state index in [9.17, 15) is 4.39 Å². The van der Waals surface area contributed by atoms with Crippen molar-refractivity contribution < 1.29 is 17.9 Å². The van der Waals surface area contributed by atoms with Crippen molar-refractivity contribution in [2.45, 2.75) is 18.8 Å². The van der Waals surface area contributed by atoms with Crippen LogP contribution < -0.4 is 4.90 Å². The van der Waals surface area contributed by atoms with E-state index in [0.29, 0.717) is 30.3 Å². The summed E-state index contributed by atoms with van der Waals surface area (Å²) in [6.07, 6.45) is 6.65. The first-order valence-electron chi connectivity index (χ1n) is 11.7. The smallest absolute Gasteiger partial charge is 0.228 e. The van der Waals surface area contributed by atoms with Crippen molar-refractivity contribution in [1.29, 1.82) is 0 Å². The van der Waals surface area contributed by atoms with Gasteiger partial charge >= 0.3 is 0 Å². The van der Waals surface area contributed by atoms with Crippen LogP contribution in [0.15, 0.2) is 53.4 Å². The largest absolute Gasteiger partial charge is 0.444 e. The molecule has 3 aromatic heterocycles. The quantitative estimate of drug-likeness (QED) is 0.357. The molecule has 4 heterocycles. The lowest BCUT2D eigenvalue weighted by atomic mass is 10.1. The number of nitrogens with zero attached hydrogens (tertiary/aromatic N) is 5. The molecular formula is C26H21F2N5O2. The summed E-state index contributed by atoms with van der Waals surface area (Å²) in [4.78, 5) is 15.8. The number of hydrogen-bond donors (Lipinski definition) is 0. The molecule has 0 radical (unpaired) electrons. The van der Waals surface area contributed by atoms with E-state index in [1.165, 1.54) is 12.5 Å². The van der Waals surface area contributed by atoms with Gasteiger partial charge in [0.15, 0.2) is 0 Å². The Bertz CT molecular complexity index is 1570. The summed E-state index contributed by atoms with van der Waals surface area (Å²) < 4.78 is 43.0. The van der Waals surface area contributed by atoms with Crippen molar-refractivity contribution in [2.75, 3.05) is 31.2 Å². The van der Waals surface area contributed by atoms with Gasteiger partial charge in [0.1, 0.15) is 34.8 Å². The predicted molar refractivity (Wildman–Crippen MR) is 127 cm³/mol. The molecule has 2 aliphatic rings. The molecule has 0 spiro atoms. The van der Waals surface area contributed by atoms with Gasteiger partial charge in [-0.25, -0.2) is 18.7 Å². The van der Waals surface area contributed by atoms with Crippen molar-refractivity contribution >= 4 is 27.6 Å². The molecule has 1 aliphatic heterocycles. The van der Waals surface area contributed by atoms with Crippen molar-refractivity contribution in [1.82, 2.24) is 19.5 Å². The summed E-state index contributed by atoms with van der Waals surface area (Å²) in [5.41, 5.74) is 3.77. The van der Waals surface area contributed by atoms with Crippen molar-refractivity contribution in [3.63, 3.8) is 0 Å². The number of ether oxygens (including phenoxy) is 1. The number of rotatable bonds is 4. The lowest BCUT2D eigenvalue weighted by Crippen LogP contribution is -2.36. The maximum absolute atomic E-state index is 15.2. The molecule has 0 N–H and O–H groups in total. The first-order chi connectivity index (χ1) is 17.2. The molecule has 7 rings (SSSR count). The van der Waals surface area contributed by atoms with Crippen LogP contribution in [0, 0.1) is 11.6 Å². The molecule has 176 valence electrons. The average molecular weight is 473 g/mol. The van der Waals surface area contributed by atoms with E-state index in [4.69, 9.17) is 14.1 Å². The van der Waals surface area contributed by atoms with Crippen LogP contribution in [0.4, 0.5) is 14.5 Å². The Labute approximate surface area is 199 Å². The molecule has 5 aromatic rings. The highest BCUT2D eigenvalue weighted by molar-refractivity contribution is 5.97. The fraction of sp³-hybridized carbons (Fsp3) is 0.269. The summed E-state index contributed by atoms with van der Waals surface area (Å²) in [6.45, 7) is 2.77. The van der Waals surface area contributed by atoms with E-state index in [1.807, 2.05) is 10.6 Å². The van der Waals surface area contributed by atoms with Gasteiger partial charge in [0, 0.05) is 30.9 Å². The fourth-order valence-electron chi connectivity index (χ4n) is 4.94. The summed E-state index contributed by atoms with van der Waals surface area (Å²) in [5.74, 6) is 0.448. The number of aromatic nitrogens is 4. The van der Waals surface area contributed by atoms with Crippen LogP contribution >= 0.6 is 0 Å². The van der Waals surface area contributed by atoms with E-state index in [0.717, 1.165) is 60.7 Å². The zero-order valence-corrected chi connectivity index (χ0v) is 18.7. The number of hydrogen-bond acceptors (Lipinski definition) is 6. The van der Waals surface area contributed by atoms with E-state index in [-0.39, 0.29) is 16.8 Å². The average Bonchev–Trinajstić information content (AvgIpc) is 3.45. The molecule has 0 bridgehead atoms. The Hall–Kier alpha value is -3.85. The second-order valence-corrected chi connectivity index (χ2v) is 8.96. The SMILES string of the molecule is Fc1ccc(F)c2c(-n3c(C4CC4)nc4c(-c5ncco5)cc(N5CCOCC5)cc43)ccnc12. The minimum absolute atomic E-state index is 0.00311. The third kappa shape index (κ3) is 3.30. The van der Waals surface area contributed by atoms with E-state index >= 15 is 4.39 Å². The maximum Gasteiger partial charge on any atom is 0.228 e. The van der Waals surface area contributed by atoms with Gasteiger partial charge in [0.2, 0.25) is 5.89 Å². The van der Waals surface area contributed by atoms with Gasteiger partial charge in [-0.1, -0.05) is 0 Å². The van der Waals surface area contributed by atoms with E-state index in [2.05, 4.69) is 20.9 Å². The van der Waals surface area contributed by atoms with Gasteiger partial charge in [0.25, 0.3) is 0 Å². The van der Waals surface area contributed by atoms with Crippen LogP contribution in [0.3, 0.4) is 0 Å². The summed E-state index contributed by atoms with van der Waals surface area (Å²) >= 11 is 0. The highest BCUT2D eigenvalue weighted by Gasteiger charge is 2.32. The van der Waals surface area contributed by atoms with Crippen LogP contribution in [0.25, 0.3) is 39.1 Å². The zero-order chi connectivity index (χ0) is 23.5.